The van der Waals surface area contributed by atoms with Crippen LogP contribution >= 0.6 is 11.8 Å². The molecule has 0 fully saturated rings. The monoisotopic (exact) mass is 596 g/mol. The highest BCUT2D eigenvalue weighted by molar-refractivity contribution is 7.98. The number of hydrogen-bond donors (Lipinski definition) is 9. The van der Waals surface area contributed by atoms with Crippen LogP contribution in [0.25, 0.3) is 0 Å². The number of carboxylic acid groups (broad SMARTS) is 1. The molecule has 1 aromatic rings. The van der Waals surface area contributed by atoms with E-state index in [1.807, 2.05) is 6.26 Å². The molecule has 0 saturated heterocycles. The molecule has 16 heteroatoms. The van der Waals surface area contributed by atoms with Gasteiger partial charge >= 0.3 is 5.97 Å². The first-order valence-corrected chi connectivity index (χ1v) is 14.2. The van der Waals surface area contributed by atoms with Crippen molar-refractivity contribution >= 4 is 47.3 Å². The number of carboxylic acids is 1. The van der Waals surface area contributed by atoms with Crippen molar-refractivity contribution in [1.29, 1.82) is 0 Å². The molecule has 15 nitrogen and oxygen atoms in total. The Morgan fingerprint density at radius 3 is 1.98 bits per heavy atom. The molecule has 228 valence electrons. The van der Waals surface area contributed by atoms with Gasteiger partial charge in [0.15, 0.2) is 5.96 Å². The van der Waals surface area contributed by atoms with Gasteiger partial charge in [-0.05, 0) is 61.8 Å². The van der Waals surface area contributed by atoms with Gasteiger partial charge in [0.05, 0.1) is 6.04 Å². The minimum atomic E-state index is -1.42. The van der Waals surface area contributed by atoms with E-state index in [-0.39, 0.29) is 56.8 Å². The number of hydrogen-bond acceptors (Lipinski definition) is 9. The highest BCUT2D eigenvalue weighted by atomic mass is 32.2. The van der Waals surface area contributed by atoms with Gasteiger partial charge < -0.3 is 49.1 Å². The molecular weight excluding hydrogens is 556 g/mol. The minimum Gasteiger partial charge on any atom is -0.508 e. The number of nitrogens with one attached hydrogen (secondary N) is 3. The number of thioether (sulfide) groups is 1. The third-order valence-electron chi connectivity index (χ3n) is 5.84. The number of phenols is 1. The molecule has 4 atom stereocenters. The largest absolute Gasteiger partial charge is 0.508 e. The van der Waals surface area contributed by atoms with Gasteiger partial charge in [-0.15, -0.1) is 0 Å². The molecule has 0 aliphatic rings. The third kappa shape index (κ3) is 14.2. The van der Waals surface area contributed by atoms with Crippen molar-refractivity contribution in [1.82, 2.24) is 16.0 Å². The molecule has 0 aliphatic carbocycles. The molecule has 0 heterocycles. The standard InChI is InChI=1S/C25H40N8O7S/c1-41-12-10-18(31-21(36)16(26)13-14-4-6-15(34)7-5-14)23(38)32-17(3-2-11-30-25(28)29)22(37)33-19(24(39)40)8-9-20(27)35/h4-7,16-19,34H,2-3,8-13,26H2,1H3,(H2,27,35)(H,31,36)(H,32,38)(H,33,37)(H,39,40)(H4,28,29,30). The van der Waals surface area contributed by atoms with Gasteiger partial charge in [-0.25, -0.2) is 4.79 Å². The van der Waals surface area contributed by atoms with Crippen molar-refractivity contribution in [3.8, 4) is 5.75 Å². The molecule has 1 rings (SSSR count). The maximum absolute atomic E-state index is 13.3. The normalized spacial score (nSPS) is 13.6. The zero-order valence-electron chi connectivity index (χ0n) is 22.9. The van der Waals surface area contributed by atoms with Gasteiger partial charge in [-0.1, -0.05) is 12.1 Å². The van der Waals surface area contributed by atoms with Crippen LogP contribution in [0.15, 0.2) is 29.3 Å². The number of carbonyl (C=O) groups excluding carboxylic acids is 4. The first-order valence-electron chi connectivity index (χ1n) is 12.8. The van der Waals surface area contributed by atoms with Gasteiger partial charge in [0, 0.05) is 13.0 Å². The summed E-state index contributed by atoms with van der Waals surface area (Å²) >= 11 is 1.44. The lowest BCUT2D eigenvalue weighted by molar-refractivity contribution is -0.142. The molecule has 4 amide bonds. The summed E-state index contributed by atoms with van der Waals surface area (Å²) in [6.45, 7) is 0.144. The molecule has 0 spiro atoms. The predicted octanol–water partition coefficient (Wildman–Crippen LogP) is -2.13. The second kappa shape index (κ2) is 18.3. The fraction of sp³-hybridized carbons (Fsp3) is 0.520. The van der Waals surface area contributed by atoms with Gasteiger partial charge in [-0.3, -0.25) is 24.2 Å². The van der Waals surface area contributed by atoms with Gasteiger partial charge in [0.25, 0.3) is 0 Å². The van der Waals surface area contributed by atoms with Gasteiger partial charge in [-0.2, -0.15) is 11.8 Å². The summed E-state index contributed by atoms with van der Waals surface area (Å²) in [5.41, 5.74) is 22.5. The summed E-state index contributed by atoms with van der Waals surface area (Å²) < 4.78 is 0. The maximum atomic E-state index is 13.3. The Bertz CT molecular complexity index is 1070. The average Bonchev–Trinajstić information content (AvgIpc) is 2.90. The van der Waals surface area contributed by atoms with E-state index in [9.17, 15) is 34.2 Å². The molecule has 0 radical (unpaired) electrons. The number of aliphatic carboxylic acids is 1. The van der Waals surface area contributed by atoms with E-state index in [1.165, 1.54) is 23.9 Å². The Balaban J connectivity index is 3.02. The zero-order chi connectivity index (χ0) is 30.9. The number of phenolic OH excluding ortho intramolecular Hbond substituents is 1. The van der Waals surface area contributed by atoms with Crippen LogP contribution in [-0.2, 0) is 30.4 Å². The fourth-order valence-electron chi connectivity index (χ4n) is 3.62. The van der Waals surface area contributed by atoms with Crippen molar-refractivity contribution in [2.45, 2.75) is 62.7 Å². The van der Waals surface area contributed by atoms with Crippen LogP contribution in [0.4, 0.5) is 0 Å². The molecule has 0 aromatic heterocycles. The molecule has 0 saturated carbocycles. The van der Waals surface area contributed by atoms with Crippen LogP contribution in [0.5, 0.6) is 5.75 Å². The van der Waals surface area contributed by atoms with E-state index in [1.54, 1.807) is 12.1 Å². The Morgan fingerprint density at radius 2 is 1.44 bits per heavy atom. The number of rotatable bonds is 19. The van der Waals surface area contributed by atoms with E-state index in [0.29, 0.717) is 11.3 Å². The number of nitrogens with two attached hydrogens (primary N) is 4. The predicted molar refractivity (Wildman–Crippen MR) is 155 cm³/mol. The molecule has 13 N–H and O–H groups in total. The topological polar surface area (TPSA) is 278 Å². The Morgan fingerprint density at radius 1 is 0.878 bits per heavy atom. The second-order valence-electron chi connectivity index (χ2n) is 9.23. The number of guanidine groups is 1. The summed E-state index contributed by atoms with van der Waals surface area (Å²) in [6, 6.07) is 1.53. The van der Waals surface area contributed by atoms with Crippen molar-refractivity contribution in [3.05, 3.63) is 29.8 Å². The summed E-state index contributed by atoms with van der Waals surface area (Å²) in [5.74, 6) is -3.77. The van der Waals surface area contributed by atoms with Crippen molar-refractivity contribution < 1.29 is 34.2 Å². The van der Waals surface area contributed by atoms with Gasteiger partial charge in [0.2, 0.25) is 23.6 Å². The van der Waals surface area contributed by atoms with E-state index in [4.69, 9.17) is 22.9 Å². The number of nitrogens with zero attached hydrogens (tertiary/aromatic N) is 1. The van der Waals surface area contributed by atoms with Crippen LogP contribution in [0.3, 0.4) is 0 Å². The number of aromatic hydroxyl groups is 1. The summed E-state index contributed by atoms with van der Waals surface area (Å²) in [6.07, 6.45) is 1.99. The number of benzene rings is 1. The summed E-state index contributed by atoms with van der Waals surface area (Å²) in [7, 11) is 0. The van der Waals surface area contributed by atoms with E-state index >= 15 is 0 Å². The van der Waals surface area contributed by atoms with Crippen LogP contribution in [0, 0.1) is 0 Å². The van der Waals surface area contributed by atoms with E-state index in [0.717, 1.165) is 0 Å². The average molecular weight is 597 g/mol. The summed E-state index contributed by atoms with van der Waals surface area (Å²) in [4.78, 5) is 65.7. The minimum absolute atomic E-state index is 0.0417. The van der Waals surface area contributed by atoms with Crippen molar-refractivity contribution in [3.63, 3.8) is 0 Å². The lowest BCUT2D eigenvalue weighted by Gasteiger charge is -2.25. The van der Waals surface area contributed by atoms with E-state index < -0.39 is 53.8 Å². The molecule has 1 aromatic carbocycles. The van der Waals surface area contributed by atoms with Crippen molar-refractivity contribution in [2.24, 2.45) is 27.9 Å². The maximum Gasteiger partial charge on any atom is 0.326 e. The van der Waals surface area contributed by atoms with Crippen LogP contribution < -0.4 is 38.9 Å². The number of carbonyl (C=O) groups is 5. The van der Waals surface area contributed by atoms with Gasteiger partial charge in [0.1, 0.15) is 23.9 Å². The smallest absolute Gasteiger partial charge is 0.326 e. The molecular formula is C25H40N8O7S. The highest BCUT2D eigenvalue weighted by Crippen LogP contribution is 2.11. The van der Waals surface area contributed by atoms with E-state index in [2.05, 4.69) is 20.9 Å². The van der Waals surface area contributed by atoms with Crippen LogP contribution in [0.1, 0.15) is 37.7 Å². The Hall–Kier alpha value is -4.05. The summed E-state index contributed by atoms with van der Waals surface area (Å²) in [5, 5.41) is 26.4. The first kappa shape index (κ1) is 35.0. The third-order valence-corrected chi connectivity index (χ3v) is 6.49. The Kier molecular flexibility index (Phi) is 15.6. The second-order valence-corrected chi connectivity index (χ2v) is 10.2. The lowest BCUT2D eigenvalue weighted by atomic mass is 10.0. The SMILES string of the molecule is CSCCC(NC(=O)C(N)Cc1ccc(O)cc1)C(=O)NC(CCCN=C(N)N)C(=O)NC(CCC(N)=O)C(=O)O. The first-order chi connectivity index (χ1) is 19.3. The zero-order valence-corrected chi connectivity index (χ0v) is 23.7. The highest BCUT2D eigenvalue weighted by Gasteiger charge is 2.30. The molecule has 0 bridgehead atoms. The molecule has 4 unspecified atom stereocenters. The fourth-order valence-corrected chi connectivity index (χ4v) is 4.09. The molecule has 0 aliphatic heterocycles. The molecule has 41 heavy (non-hydrogen) atoms. The number of amides is 4. The van der Waals surface area contributed by atoms with Crippen molar-refractivity contribution in [2.75, 3.05) is 18.6 Å². The lowest BCUT2D eigenvalue weighted by Crippen LogP contribution is -2.57. The van der Waals surface area contributed by atoms with Crippen LogP contribution in [-0.4, -0.2) is 88.5 Å². The number of primary amides is 1. The number of aliphatic imine (C=N–C) groups is 1. The quantitative estimate of drug-likeness (QED) is 0.0472. The van der Waals surface area contributed by atoms with Crippen LogP contribution in [0.2, 0.25) is 0 Å². The Labute approximate surface area is 242 Å².